The molecular formula is C14H12Cl2N2O. The van der Waals surface area contributed by atoms with Gasteiger partial charge in [0.1, 0.15) is 0 Å². The number of carbonyl (C=O) groups is 1. The largest absolute Gasteiger partial charge is 0.326 e. The molecule has 0 aliphatic rings. The Kier molecular flexibility index (Phi) is 4.43. The number of halogens is 2. The monoisotopic (exact) mass is 294 g/mol. The lowest BCUT2D eigenvalue weighted by Gasteiger charge is -2.09. The summed E-state index contributed by atoms with van der Waals surface area (Å²) < 4.78 is 0. The number of hydrogen-bond donors (Lipinski definition) is 2. The fourth-order valence-corrected chi connectivity index (χ4v) is 2.09. The van der Waals surface area contributed by atoms with Crippen LogP contribution in [0.4, 0.5) is 5.69 Å². The highest BCUT2D eigenvalue weighted by molar-refractivity contribution is 6.40. The minimum Gasteiger partial charge on any atom is -0.326 e. The second-order valence-corrected chi connectivity index (χ2v) is 4.77. The maximum absolute atomic E-state index is 12.1. The van der Waals surface area contributed by atoms with Crippen molar-refractivity contribution in [3.8, 4) is 0 Å². The first-order valence-electron chi connectivity index (χ1n) is 5.66. The average molecular weight is 295 g/mol. The topological polar surface area (TPSA) is 55.1 Å². The summed E-state index contributed by atoms with van der Waals surface area (Å²) in [6.45, 7) is 0.443. The van der Waals surface area contributed by atoms with Crippen LogP contribution in [0.5, 0.6) is 0 Å². The number of rotatable bonds is 3. The molecule has 0 spiro atoms. The zero-order valence-corrected chi connectivity index (χ0v) is 11.5. The van der Waals surface area contributed by atoms with Crippen LogP contribution in [0.25, 0.3) is 0 Å². The van der Waals surface area contributed by atoms with Gasteiger partial charge in [-0.2, -0.15) is 0 Å². The predicted octanol–water partition coefficient (Wildman–Crippen LogP) is 3.70. The van der Waals surface area contributed by atoms with E-state index in [1.807, 2.05) is 12.1 Å². The van der Waals surface area contributed by atoms with Crippen LogP contribution in [-0.2, 0) is 6.54 Å². The van der Waals surface area contributed by atoms with Crippen molar-refractivity contribution in [3.63, 3.8) is 0 Å². The smallest absolute Gasteiger partial charge is 0.255 e. The van der Waals surface area contributed by atoms with Crippen molar-refractivity contribution in [2.45, 2.75) is 6.54 Å². The van der Waals surface area contributed by atoms with E-state index in [4.69, 9.17) is 28.9 Å². The summed E-state index contributed by atoms with van der Waals surface area (Å²) in [6.07, 6.45) is 0. The molecule has 2 rings (SSSR count). The number of nitrogens with two attached hydrogens (primary N) is 1. The summed E-state index contributed by atoms with van der Waals surface area (Å²) in [4.78, 5) is 12.1. The van der Waals surface area contributed by atoms with Gasteiger partial charge >= 0.3 is 0 Å². The lowest BCUT2D eigenvalue weighted by Crippen LogP contribution is -2.12. The number of carbonyl (C=O) groups excluding carboxylic acids is 1. The van der Waals surface area contributed by atoms with Gasteiger partial charge in [0.15, 0.2) is 0 Å². The van der Waals surface area contributed by atoms with Crippen LogP contribution in [0.15, 0.2) is 42.5 Å². The van der Waals surface area contributed by atoms with Crippen molar-refractivity contribution in [3.05, 3.63) is 63.6 Å². The molecule has 98 valence electrons. The third kappa shape index (κ3) is 3.26. The second kappa shape index (κ2) is 6.06. The molecule has 2 aromatic carbocycles. The molecule has 0 bridgehead atoms. The summed E-state index contributed by atoms with van der Waals surface area (Å²) in [5, 5.41) is 3.50. The zero-order valence-electron chi connectivity index (χ0n) is 9.99. The van der Waals surface area contributed by atoms with Gasteiger partial charge in [0.2, 0.25) is 0 Å². The van der Waals surface area contributed by atoms with E-state index in [0.717, 1.165) is 5.56 Å². The van der Waals surface area contributed by atoms with Gasteiger partial charge in [-0.1, -0.05) is 41.4 Å². The Hall–Kier alpha value is -1.55. The second-order valence-electron chi connectivity index (χ2n) is 3.95. The van der Waals surface area contributed by atoms with E-state index in [1.54, 1.807) is 30.3 Å². The van der Waals surface area contributed by atoms with Gasteiger partial charge in [-0.25, -0.2) is 0 Å². The van der Waals surface area contributed by atoms with Crippen LogP contribution in [0, 0.1) is 0 Å². The Bertz CT molecular complexity index is 577. The van der Waals surface area contributed by atoms with E-state index < -0.39 is 0 Å². The maximum Gasteiger partial charge on any atom is 0.255 e. The highest BCUT2D eigenvalue weighted by atomic mass is 35.5. The summed E-state index contributed by atoms with van der Waals surface area (Å²) in [5.74, 6) is -0.265. The van der Waals surface area contributed by atoms with Crippen LogP contribution in [0.1, 0.15) is 15.9 Å². The lowest BCUT2D eigenvalue weighted by atomic mass is 10.1. The van der Waals surface area contributed by atoms with Crippen molar-refractivity contribution in [2.75, 3.05) is 5.32 Å². The minimum atomic E-state index is -0.265. The molecule has 0 unspecified atom stereocenters. The van der Waals surface area contributed by atoms with E-state index >= 15 is 0 Å². The van der Waals surface area contributed by atoms with Gasteiger partial charge < -0.3 is 11.1 Å². The average Bonchev–Trinajstić information content (AvgIpc) is 2.43. The number of hydrogen-bond acceptors (Lipinski definition) is 2. The number of benzene rings is 2. The molecule has 0 aromatic heterocycles. The molecule has 0 saturated carbocycles. The molecule has 3 N–H and O–H groups in total. The molecule has 1 amide bonds. The first-order chi connectivity index (χ1) is 9.11. The molecule has 0 radical (unpaired) electrons. The van der Waals surface area contributed by atoms with Gasteiger partial charge in [-0.05, 0) is 29.8 Å². The summed E-state index contributed by atoms with van der Waals surface area (Å²) >= 11 is 12.0. The van der Waals surface area contributed by atoms with Gasteiger partial charge in [0, 0.05) is 12.1 Å². The fraction of sp³-hybridized carbons (Fsp3) is 0.0714. The van der Waals surface area contributed by atoms with Crippen LogP contribution >= 0.6 is 23.2 Å². The molecule has 2 aromatic rings. The Morgan fingerprint density at radius 2 is 1.63 bits per heavy atom. The Morgan fingerprint density at radius 3 is 2.16 bits per heavy atom. The molecule has 0 atom stereocenters. The van der Waals surface area contributed by atoms with Crippen molar-refractivity contribution < 1.29 is 4.79 Å². The summed E-state index contributed by atoms with van der Waals surface area (Å²) in [5.41, 5.74) is 7.41. The van der Waals surface area contributed by atoms with Gasteiger partial charge in [-0.15, -0.1) is 0 Å². The lowest BCUT2D eigenvalue weighted by molar-refractivity contribution is 0.102. The van der Waals surface area contributed by atoms with Gasteiger partial charge in [-0.3, -0.25) is 4.79 Å². The molecule has 0 heterocycles. The third-order valence-electron chi connectivity index (χ3n) is 2.65. The Labute approximate surface area is 121 Å². The van der Waals surface area contributed by atoms with Gasteiger partial charge in [0.25, 0.3) is 5.91 Å². The predicted molar refractivity (Wildman–Crippen MR) is 78.7 cm³/mol. The highest BCUT2D eigenvalue weighted by Crippen LogP contribution is 2.30. The van der Waals surface area contributed by atoms with Crippen molar-refractivity contribution in [1.29, 1.82) is 0 Å². The zero-order chi connectivity index (χ0) is 13.8. The van der Waals surface area contributed by atoms with Crippen LogP contribution in [-0.4, -0.2) is 5.91 Å². The van der Waals surface area contributed by atoms with E-state index in [1.165, 1.54) is 0 Å². The molecule has 5 heteroatoms. The van der Waals surface area contributed by atoms with E-state index in [-0.39, 0.29) is 5.91 Å². The standard InChI is InChI=1S/C14H12Cl2N2O/c15-11-2-1-3-12(16)13(11)18-14(19)10-6-4-9(8-17)5-7-10/h1-7H,8,17H2,(H,18,19). The number of amides is 1. The van der Waals surface area contributed by atoms with E-state index in [2.05, 4.69) is 5.32 Å². The fourth-order valence-electron chi connectivity index (χ4n) is 1.60. The first kappa shape index (κ1) is 13.9. The van der Waals surface area contributed by atoms with E-state index in [9.17, 15) is 4.79 Å². The quantitative estimate of drug-likeness (QED) is 0.907. The maximum atomic E-state index is 12.1. The number of para-hydroxylation sites is 1. The van der Waals surface area contributed by atoms with Crippen LogP contribution < -0.4 is 11.1 Å². The molecule has 0 aliphatic carbocycles. The Morgan fingerprint density at radius 1 is 1.05 bits per heavy atom. The molecular weight excluding hydrogens is 283 g/mol. The van der Waals surface area contributed by atoms with Crippen molar-refractivity contribution in [2.24, 2.45) is 5.73 Å². The summed E-state index contributed by atoms with van der Waals surface area (Å²) in [7, 11) is 0. The SMILES string of the molecule is NCc1ccc(C(=O)Nc2c(Cl)cccc2Cl)cc1. The minimum absolute atomic E-state index is 0.265. The van der Waals surface area contributed by atoms with Gasteiger partial charge in [0.05, 0.1) is 15.7 Å². The van der Waals surface area contributed by atoms with Crippen molar-refractivity contribution in [1.82, 2.24) is 0 Å². The molecule has 0 aliphatic heterocycles. The number of anilines is 1. The van der Waals surface area contributed by atoms with Crippen LogP contribution in [0.2, 0.25) is 10.0 Å². The molecule has 3 nitrogen and oxygen atoms in total. The normalized spacial score (nSPS) is 10.3. The molecule has 19 heavy (non-hydrogen) atoms. The molecule has 0 saturated heterocycles. The highest BCUT2D eigenvalue weighted by Gasteiger charge is 2.11. The number of nitrogens with one attached hydrogen (secondary N) is 1. The molecule has 0 fully saturated rings. The Balaban J connectivity index is 2.20. The van der Waals surface area contributed by atoms with Crippen LogP contribution in [0.3, 0.4) is 0 Å². The summed E-state index contributed by atoms with van der Waals surface area (Å²) in [6, 6.07) is 12.1. The van der Waals surface area contributed by atoms with E-state index in [0.29, 0.717) is 27.8 Å². The first-order valence-corrected chi connectivity index (χ1v) is 6.42. The van der Waals surface area contributed by atoms with Crippen molar-refractivity contribution >= 4 is 34.8 Å². The third-order valence-corrected chi connectivity index (χ3v) is 3.28.